The van der Waals surface area contributed by atoms with Crippen LogP contribution in [0.3, 0.4) is 0 Å². The van der Waals surface area contributed by atoms with Crippen molar-refractivity contribution in [2.45, 2.75) is 38.4 Å². The highest BCUT2D eigenvalue weighted by Gasteiger charge is 2.23. The third kappa shape index (κ3) is 3.49. The Bertz CT molecular complexity index is 904. The summed E-state index contributed by atoms with van der Waals surface area (Å²) in [6, 6.07) is 18.8. The lowest BCUT2D eigenvalue weighted by atomic mass is 9.96. The Balaban J connectivity index is 1.57. The highest BCUT2D eigenvalue weighted by molar-refractivity contribution is 5.80. The first-order valence-corrected chi connectivity index (χ1v) is 9.04. The topological polar surface area (TPSA) is 38.1 Å². The molecule has 0 saturated carbocycles. The molecule has 0 bridgehead atoms. The van der Waals surface area contributed by atoms with Gasteiger partial charge in [-0.3, -0.25) is 9.69 Å². The van der Waals surface area contributed by atoms with Crippen molar-refractivity contribution in [2.24, 2.45) is 0 Å². The fraction of sp³-hybridized carbons (Fsp3) is 0.333. The van der Waals surface area contributed by atoms with E-state index in [1.807, 2.05) is 24.3 Å². The number of aromatic nitrogens is 2. The predicted molar refractivity (Wildman–Crippen MR) is 100 cm³/mol. The average molecular weight is 333 g/mol. The van der Waals surface area contributed by atoms with Gasteiger partial charge in [0, 0.05) is 18.0 Å². The van der Waals surface area contributed by atoms with Crippen LogP contribution in [0, 0.1) is 0 Å². The molecule has 4 rings (SSSR count). The molecule has 2 heterocycles. The normalized spacial score (nSPS) is 18.5. The van der Waals surface area contributed by atoms with E-state index in [0.29, 0.717) is 12.7 Å². The zero-order chi connectivity index (χ0) is 17.1. The van der Waals surface area contributed by atoms with E-state index in [2.05, 4.69) is 40.3 Å². The molecule has 1 aliphatic heterocycles. The van der Waals surface area contributed by atoms with Crippen molar-refractivity contribution in [3.63, 3.8) is 0 Å². The Morgan fingerprint density at radius 2 is 1.80 bits per heavy atom. The molecule has 4 nitrogen and oxygen atoms in total. The van der Waals surface area contributed by atoms with Gasteiger partial charge in [-0.2, -0.15) is 5.10 Å². The Hall–Kier alpha value is -2.46. The summed E-state index contributed by atoms with van der Waals surface area (Å²) in [5.41, 5.74) is 1.36. The van der Waals surface area contributed by atoms with Crippen molar-refractivity contribution >= 4 is 10.8 Å². The summed E-state index contributed by atoms with van der Waals surface area (Å²) in [5, 5.41) is 6.05. The molecule has 0 radical (unpaired) electrons. The third-order valence-corrected chi connectivity index (χ3v) is 5.14. The number of fused-ring (bicyclic) bond motifs is 1. The number of likely N-dealkylation sites (tertiary alicyclic amines) is 1. The average Bonchev–Trinajstić information content (AvgIpc) is 2.66. The summed E-state index contributed by atoms with van der Waals surface area (Å²) in [4.78, 5) is 15.2. The Morgan fingerprint density at radius 1 is 1.00 bits per heavy atom. The van der Waals surface area contributed by atoms with Crippen molar-refractivity contribution in [3.05, 3.63) is 76.7 Å². The standard InChI is InChI=1S/C21H23N3O/c25-21-20-12-5-4-10-18(20)15-22-24(21)16-23-13-7-6-11-19(23)14-17-8-2-1-3-9-17/h1-5,8-10,12,15,19H,6-7,11,13-14,16H2/t19-/m1/s1. The van der Waals surface area contributed by atoms with Crippen LogP contribution in [0.25, 0.3) is 10.8 Å². The van der Waals surface area contributed by atoms with Gasteiger partial charge < -0.3 is 0 Å². The summed E-state index contributed by atoms with van der Waals surface area (Å²) in [7, 11) is 0. The lowest BCUT2D eigenvalue weighted by Gasteiger charge is -2.35. The second-order valence-electron chi connectivity index (χ2n) is 6.83. The van der Waals surface area contributed by atoms with E-state index in [1.54, 1.807) is 10.9 Å². The molecule has 4 heteroatoms. The fourth-order valence-corrected chi connectivity index (χ4v) is 3.76. The van der Waals surface area contributed by atoms with Crippen LogP contribution in [0.1, 0.15) is 24.8 Å². The Labute approximate surface area is 147 Å². The van der Waals surface area contributed by atoms with Gasteiger partial charge in [0.2, 0.25) is 0 Å². The fourth-order valence-electron chi connectivity index (χ4n) is 3.76. The van der Waals surface area contributed by atoms with Gasteiger partial charge >= 0.3 is 0 Å². The SMILES string of the molecule is O=c1c2ccccc2cnn1CN1CCCC[C@@H]1Cc1ccccc1. The first-order valence-electron chi connectivity index (χ1n) is 9.04. The number of nitrogens with zero attached hydrogens (tertiary/aromatic N) is 3. The van der Waals surface area contributed by atoms with Crippen molar-refractivity contribution in [2.75, 3.05) is 6.54 Å². The van der Waals surface area contributed by atoms with E-state index < -0.39 is 0 Å². The van der Waals surface area contributed by atoms with E-state index >= 15 is 0 Å². The van der Waals surface area contributed by atoms with Crippen LogP contribution >= 0.6 is 0 Å². The molecule has 1 saturated heterocycles. The maximum Gasteiger partial charge on any atom is 0.275 e. The van der Waals surface area contributed by atoms with Gasteiger partial charge in [-0.25, -0.2) is 4.68 Å². The van der Waals surface area contributed by atoms with E-state index in [4.69, 9.17) is 0 Å². The molecule has 2 aromatic carbocycles. The second kappa shape index (κ2) is 7.19. The molecule has 0 amide bonds. The van der Waals surface area contributed by atoms with Crippen molar-refractivity contribution in [1.29, 1.82) is 0 Å². The largest absolute Gasteiger partial charge is 0.281 e. The number of hydrogen-bond donors (Lipinski definition) is 0. The van der Waals surface area contributed by atoms with Crippen LogP contribution in [0.4, 0.5) is 0 Å². The van der Waals surface area contributed by atoms with Crippen molar-refractivity contribution in [3.8, 4) is 0 Å². The zero-order valence-corrected chi connectivity index (χ0v) is 14.3. The lowest BCUT2D eigenvalue weighted by Crippen LogP contribution is -2.44. The minimum Gasteiger partial charge on any atom is -0.281 e. The third-order valence-electron chi connectivity index (χ3n) is 5.14. The van der Waals surface area contributed by atoms with Gasteiger partial charge in [0.15, 0.2) is 0 Å². The number of rotatable bonds is 4. The first kappa shape index (κ1) is 16.0. The smallest absolute Gasteiger partial charge is 0.275 e. The number of hydrogen-bond acceptors (Lipinski definition) is 3. The van der Waals surface area contributed by atoms with E-state index in [0.717, 1.165) is 23.7 Å². The monoisotopic (exact) mass is 333 g/mol. The summed E-state index contributed by atoms with van der Waals surface area (Å²) in [6.07, 6.45) is 6.45. The summed E-state index contributed by atoms with van der Waals surface area (Å²) in [6.45, 7) is 1.60. The van der Waals surface area contributed by atoms with Crippen LogP contribution < -0.4 is 5.56 Å². The van der Waals surface area contributed by atoms with E-state index in [1.165, 1.54) is 24.8 Å². The van der Waals surface area contributed by atoms with Gasteiger partial charge in [0.05, 0.1) is 18.3 Å². The van der Waals surface area contributed by atoms with E-state index in [9.17, 15) is 4.79 Å². The molecule has 1 aliphatic rings. The lowest BCUT2D eigenvalue weighted by molar-refractivity contribution is 0.102. The maximum absolute atomic E-state index is 12.7. The number of piperidine rings is 1. The molecule has 1 atom stereocenters. The van der Waals surface area contributed by atoms with Crippen LogP contribution in [0.2, 0.25) is 0 Å². The Kier molecular flexibility index (Phi) is 4.61. The molecule has 128 valence electrons. The molecular weight excluding hydrogens is 310 g/mol. The molecule has 3 aromatic rings. The highest BCUT2D eigenvalue weighted by Crippen LogP contribution is 2.21. The van der Waals surface area contributed by atoms with Gasteiger partial charge in [-0.15, -0.1) is 0 Å². The minimum atomic E-state index is 0.00198. The molecule has 1 fully saturated rings. The molecule has 0 unspecified atom stereocenters. The van der Waals surface area contributed by atoms with Gasteiger partial charge in [0.1, 0.15) is 0 Å². The molecule has 0 spiro atoms. The van der Waals surface area contributed by atoms with Crippen molar-refractivity contribution < 1.29 is 0 Å². The quantitative estimate of drug-likeness (QED) is 0.734. The first-order chi connectivity index (χ1) is 12.3. The molecule has 25 heavy (non-hydrogen) atoms. The number of benzene rings is 2. The minimum absolute atomic E-state index is 0.00198. The second-order valence-corrected chi connectivity index (χ2v) is 6.83. The molecular formula is C21H23N3O. The van der Waals surface area contributed by atoms with Gasteiger partial charge in [-0.1, -0.05) is 55.0 Å². The molecule has 0 N–H and O–H groups in total. The van der Waals surface area contributed by atoms with Crippen LogP contribution in [0.5, 0.6) is 0 Å². The zero-order valence-electron chi connectivity index (χ0n) is 14.3. The maximum atomic E-state index is 12.7. The van der Waals surface area contributed by atoms with Crippen LogP contribution in [-0.4, -0.2) is 27.3 Å². The van der Waals surface area contributed by atoms with E-state index in [-0.39, 0.29) is 5.56 Å². The molecule has 1 aromatic heterocycles. The summed E-state index contributed by atoms with van der Waals surface area (Å²) < 4.78 is 1.62. The predicted octanol–water partition coefficient (Wildman–Crippen LogP) is 3.45. The van der Waals surface area contributed by atoms with Crippen LogP contribution in [-0.2, 0) is 13.1 Å². The van der Waals surface area contributed by atoms with Gasteiger partial charge in [-0.05, 0) is 30.9 Å². The summed E-state index contributed by atoms with van der Waals surface area (Å²) >= 11 is 0. The van der Waals surface area contributed by atoms with Crippen molar-refractivity contribution in [1.82, 2.24) is 14.7 Å². The van der Waals surface area contributed by atoms with Crippen LogP contribution in [0.15, 0.2) is 65.6 Å². The highest BCUT2D eigenvalue weighted by atomic mass is 16.1. The molecule has 0 aliphatic carbocycles. The van der Waals surface area contributed by atoms with Gasteiger partial charge in [0.25, 0.3) is 5.56 Å². The summed E-state index contributed by atoms with van der Waals surface area (Å²) in [5.74, 6) is 0. The Morgan fingerprint density at radius 3 is 2.68 bits per heavy atom.